The number of hydrogen-bond acceptors (Lipinski definition) is 7. The predicted molar refractivity (Wildman–Crippen MR) is 264 cm³/mol. The van der Waals surface area contributed by atoms with E-state index in [1.165, 1.54) is 0 Å². The minimum Gasteiger partial charge on any atom is -0.360 e. The molecule has 0 aliphatic rings. The van der Waals surface area contributed by atoms with Gasteiger partial charge in [0.2, 0.25) is 0 Å². The molecule has 0 amide bonds. The average Bonchev–Trinajstić information content (AvgIpc) is 4.20. The van der Waals surface area contributed by atoms with Crippen molar-refractivity contribution in [2.75, 3.05) is 0 Å². The average molecular weight is 848 g/mol. The van der Waals surface area contributed by atoms with Crippen molar-refractivity contribution < 1.29 is 0 Å². The van der Waals surface area contributed by atoms with Gasteiger partial charge in [-0.25, -0.2) is 24.9 Å². The summed E-state index contributed by atoms with van der Waals surface area (Å²) in [6.07, 6.45) is 7.50. The molecule has 0 fully saturated rings. The van der Waals surface area contributed by atoms with Gasteiger partial charge in [0.15, 0.2) is 17.1 Å². The quantitative estimate of drug-likeness (QED) is 0.130. The van der Waals surface area contributed by atoms with Gasteiger partial charge in [-0.15, -0.1) is 0 Å². The molecule has 9 heterocycles. The van der Waals surface area contributed by atoms with Gasteiger partial charge in [-0.05, 0) is 77.5 Å². The highest BCUT2D eigenvalue weighted by molar-refractivity contribution is 6.22. The first-order valence-corrected chi connectivity index (χ1v) is 21.7. The van der Waals surface area contributed by atoms with E-state index in [-0.39, 0.29) is 0 Å². The number of hydrogen-bond donors (Lipinski definition) is 4. The van der Waals surface area contributed by atoms with Crippen LogP contribution in [0.25, 0.3) is 144 Å². The molecule has 0 saturated carbocycles. The zero-order chi connectivity index (χ0) is 43.3. The van der Waals surface area contributed by atoms with Crippen LogP contribution in [0, 0.1) is 0 Å². The van der Waals surface area contributed by atoms with Crippen molar-refractivity contribution in [2.45, 2.75) is 0 Å². The highest BCUT2D eigenvalue weighted by atomic mass is 15.1. The van der Waals surface area contributed by atoms with Gasteiger partial charge >= 0.3 is 0 Å². The molecule has 308 valence electrons. The number of nitrogens with one attached hydrogen (secondary N) is 4. The lowest BCUT2D eigenvalue weighted by Crippen LogP contribution is -2.04. The van der Waals surface area contributed by atoms with Gasteiger partial charge in [-0.3, -0.25) is 10.1 Å². The molecule has 0 saturated heterocycles. The number of aromatic amines is 4. The molecular weight excluding hydrogens is 815 g/mol. The number of nitrogens with zero attached hydrogens (tertiary/aromatic N) is 7. The molecule has 0 bridgehead atoms. The van der Waals surface area contributed by atoms with Gasteiger partial charge in [0.25, 0.3) is 0 Å². The molecule has 4 N–H and O–H groups in total. The van der Waals surface area contributed by atoms with Crippen LogP contribution in [-0.4, -0.2) is 55.1 Å². The fourth-order valence-electron chi connectivity index (χ4n) is 9.83. The second kappa shape index (κ2) is 14.1. The first kappa shape index (κ1) is 36.2. The summed E-state index contributed by atoms with van der Waals surface area (Å²) in [5, 5.41) is 16.5. The van der Waals surface area contributed by atoms with E-state index in [0.717, 1.165) is 110 Å². The van der Waals surface area contributed by atoms with Crippen LogP contribution in [0.15, 0.2) is 176 Å². The predicted octanol–water partition coefficient (Wildman–Crippen LogP) is 12.8. The minimum atomic E-state index is 0.545. The molecule has 11 nitrogen and oxygen atoms in total. The molecule has 66 heavy (non-hydrogen) atoms. The molecule has 0 radical (unpaired) electrons. The second-order valence-electron chi connectivity index (χ2n) is 16.5. The van der Waals surface area contributed by atoms with Crippen molar-refractivity contribution in [3.8, 4) is 67.8 Å². The number of H-pyrrole nitrogens is 4. The third-order valence-corrected chi connectivity index (χ3v) is 12.8. The van der Waals surface area contributed by atoms with Crippen LogP contribution in [0.1, 0.15) is 0 Å². The topological polar surface area (TPSA) is 153 Å². The first-order valence-electron chi connectivity index (χ1n) is 21.7. The van der Waals surface area contributed by atoms with Crippen molar-refractivity contribution in [1.82, 2.24) is 55.1 Å². The standard InChI is InChI=1S/C55H33N11/c1-4-15-34-30(11-1)23-26-56-50(34)48-45-43(61-52(55-63-41-20-10-25-58-54(41)64-55)46(48)40-22-21-31-14-9-24-57-53(31)62-40)28-37(49-36-17-6-8-19-39(36)65-66-49)44(42-27-32-12-3-7-18-38(32)60-42)47(45)51-35-16-5-2-13-33(35)29-59-51/h1-29,59-60H,(H,65,66)(H,58,63,64). The molecule has 0 aliphatic heterocycles. The number of benzene rings is 5. The summed E-state index contributed by atoms with van der Waals surface area (Å²) in [6, 6.07) is 52.0. The summed E-state index contributed by atoms with van der Waals surface area (Å²) in [5.74, 6) is 0.545. The largest absolute Gasteiger partial charge is 0.360 e. The van der Waals surface area contributed by atoms with Crippen molar-refractivity contribution in [3.63, 3.8) is 0 Å². The van der Waals surface area contributed by atoms with Crippen LogP contribution < -0.4 is 0 Å². The van der Waals surface area contributed by atoms with Crippen LogP contribution in [0.4, 0.5) is 0 Å². The summed E-state index contributed by atoms with van der Waals surface area (Å²) in [7, 11) is 0. The van der Waals surface area contributed by atoms with Crippen molar-refractivity contribution in [3.05, 3.63) is 176 Å². The lowest BCUT2D eigenvalue weighted by molar-refractivity contribution is 1.12. The summed E-state index contributed by atoms with van der Waals surface area (Å²) in [5.41, 5.74) is 13.7. The fourth-order valence-corrected chi connectivity index (χ4v) is 9.83. The van der Waals surface area contributed by atoms with Crippen LogP contribution in [0.2, 0.25) is 0 Å². The van der Waals surface area contributed by atoms with Gasteiger partial charge in [0, 0.05) is 96.1 Å². The monoisotopic (exact) mass is 847 g/mol. The zero-order valence-electron chi connectivity index (χ0n) is 34.9. The van der Waals surface area contributed by atoms with Gasteiger partial charge in [-0.2, -0.15) is 5.10 Å². The normalized spacial score (nSPS) is 11.9. The Morgan fingerprint density at radius 1 is 0.424 bits per heavy atom. The maximum atomic E-state index is 5.77. The Morgan fingerprint density at radius 3 is 2.05 bits per heavy atom. The first-order chi connectivity index (χ1) is 32.7. The van der Waals surface area contributed by atoms with E-state index in [0.29, 0.717) is 34.0 Å². The number of imidazole rings is 1. The Kier molecular flexibility index (Phi) is 7.71. The fraction of sp³-hybridized carbons (Fsp3) is 0. The maximum absolute atomic E-state index is 5.77. The lowest BCUT2D eigenvalue weighted by Gasteiger charge is -2.23. The molecule has 14 aromatic rings. The van der Waals surface area contributed by atoms with Gasteiger partial charge in [0.1, 0.15) is 11.4 Å². The molecule has 0 aliphatic carbocycles. The number of fused-ring (bicyclic) bond motifs is 7. The molecule has 0 spiro atoms. The highest BCUT2D eigenvalue weighted by Gasteiger charge is 2.31. The number of para-hydroxylation sites is 2. The summed E-state index contributed by atoms with van der Waals surface area (Å²) in [6.45, 7) is 0. The van der Waals surface area contributed by atoms with E-state index in [1.54, 1.807) is 12.4 Å². The van der Waals surface area contributed by atoms with Gasteiger partial charge < -0.3 is 15.0 Å². The van der Waals surface area contributed by atoms with Crippen molar-refractivity contribution in [1.29, 1.82) is 0 Å². The van der Waals surface area contributed by atoms with Gasteiger partial charge in [-0.1, -0.05) is 84.9 Å². The summed E-state index contributed by atoms with van der Waals surface area (Å²) >= 11 is 0. The van der Waals surface area contributed by atoms with Crippen LogP contribution >= 0.6 is 0 Å². The van der Waals surface area contributed by atoms with E-state index < -0.39 is 0 Å². The second-order valence-corrected chi connectivity index (χ2v) is 16.5. The van der Waals surface area contributed by atoms with E-state index in [1.807, 2.05) is 36.5 Å². The third kappa shape index (κ3) is 5.47. The molecule has 14 rings (SSSR count). The number of pyridine rings is 5. The molecule has 5 aromatic carbocycles. The van der Waals surface area contributed by atoms with E-state index in [2.05, 4.69) is 153 Å². The van der Waals surface area contributed by atoms with E-state index in [4.69, 9.17) is 30.0 Å². The Labute approximate surface area is 374 Å². The minimum absolute atomic E-state index is 0.545. The molecule has 0 unspecified atom stereocenters. The lowest BCUT2D eigenvalue weighted by atomic mass is 9.83. The summed E-state index contributed by atoms with van der Waals surface area (Å²) < 4.78 is 0. The molecule has 9 aromatic heterocycles. The smallest absolute Gasteiger partial charge is 0.178 e. The Morgan fingerprint density at radius 2 is 1.17 bits per heavy atom. The Balaban J connectivity index is 1.27. The highest BCUT2D eigenvalue weighted by Crippen LogP contribution is 2.53. The number of rotatable bonds is 6. The molecule has 0 atom stereocenters. The van der Waals surface area contributed by atoms with E-state index >= 15 is 0 Å². The SMILES string of the molecule is c1cnc2nc(-c3c(-c4nc5ncccc5[nH]4)nc4cc(-c5n[nH]c6ccccc56)c(-c5cc6ccccc6[nH]5)c(-c5[nH]cc6ccccc56)c4c3-c3nccc4ccccc34)ccc2c1. The Bertz CT molecular complexity index is 4200. The third-order valence-electron chi connectivity index (χ3n) is 12.8. The van der Waals surface area contributed by atoms with E-state index in [9.17, 15) is 0 Å². The summed E-state index contributed by atoms with van der Waals surface area (Å²) in [4.78, 5) is 42.2. The number of aromatic nitrogens is 11. The van der Waals surface area contributed by atoms with Gasteiger partial charge in [0.05, 0.1) is 33.6 Å². The van der Waals surface area contributed by atoms with Crippen LogP contribution in [-0.2, 0) is 0 Å². The molecule has 11 heteroatoms. The maximum Gasteiger partial charge on any atom is 0.178 e. The van der Waals surface area contributed by atoms with Crippen LogP contribution in [0.3, 0.4) is 0 Å². The Hall–Kier alpha value is -9.35. The van der Waals surface area contributed by atoms with Crippen LogP contribution in [0.5, 0.6) is 0 Å². The molecular formula is C55H33N11. The van der Waals surface area contributed by atoms with Crippen molar-refractivity contribution in [2.24, 2.45) is 0 Å². The zero-order valence-corrected chi connectivity index (χ0v) is 34.9. The van der Waals surface area contributed by atoms with Crippen molar-refractivity contribution >= 4 is 76.5 Å².